The van der Waals surface area contributed by atoms with E-state index in [9.17, 15) is 0 Å². The van der Waals surface area contributed by atoms with Gasteiger partial charge in [0, 0.05) is 25.3 Å². The first-order valence-electron chi connectivity index (χ1n) is 7.96. The molecule has 0 radical (unpaired) electrons. The highest BCUT2D eigenvalue weighted by atomic mass is 16.2. The molecular formula is C16H30N4O. The number of anilines is 2. The summed E-state index contributed by atoms with van der Waals surface area (Å²) in [5.41, 5.74) is 1.28. The maximum atomic E-state index is 8.97. The summed E-state index contributed by atoms with van der Waals surface area (Å²) in [5.74, 6) is 1.85. The summed E-state index contributed by atoms with van der Waals surface area (Å²) in [6.07, 6.45) is 5.41. The Morgan fingerprint density at radius 2 is 1.81 bits per heavy atom. The summed E-state index contributed by atoms with van der Waals surface area (Å²) >= 11 is 0. The third kappa shape index (κ3) is 5.87. The van der Waals surface area contributed by atoms with Gasteiger partial charge in [0.1, 0.15) is 18.0 Å². The zero-order chi connectivity index (χ0) is 15.7. The van der Waals surface area contributed by atoms with Crippen LogP contribution in [-0.4, -0.2) is 34.8 Å². The Bertz CT molecular complexity index is 421. The minimum absolute atomic E-state index is 0.135. The van der Waals surface area contributed by atoms with Crippen molar-refractivity contribution in [1.29, 1.82) is 0 Å². The molecule has 1 aromatic heterocycles. The Labute approximate surface area is 128 Å². The number of nitrogens with one attached hydrogen (secondary N) is 2. The molecule has 1 aromatic rings. The Morgan fingerprint density at radius 3 is 2.38 bits per heavy atom. The monoisotopic (exact) mass is 294 g/mol. The Hall–Kier alpha value is -1.36. The van der Waals surface area contributed by atoms with Gasteiger partial charge < -0.3 is 15.7 Å². The minimum atomic E-state index is 0.135. The number of aliphatic hydroxyl groups excluding tert-OH is 1. The second-order valence-electron chi connectivity index (χ2n) is 6.17. The van der Waals surface area contributed by atoms with E-state index in [0.717, 1.165) is 56.0 Å². The highest BCUT2D eigenvalue weighted by Crippen LogP contribution is 2.25. The molecule has 0 bridgehead atoms. The first-order chi connectivity index (χ1) is 10.0. The van der Waals surface area contributed by atoms with Crippen molar-refractivity contribution in [3.8, 4) is 0 Å². The molecule has 0 aliphatic heterocycles. The molecule has 5 nitrogen and oxygen atoms in total. The topological polar surface area (TPSA) is 70.1 Å². The predicted molar refractivity (Wildman–Crippen MR) is 88.8 cm³/mol. The summed E-state index contributed by atoms with van der Waals surface area (Å²) in [6, 6.07) is 0. The van der Waals surface area contributed by atoms with Crippen LogP contribution in [0.1, 0.15) is 52.5 Å². The fourth-order valence-corrected chi connectivity index (χ4v) is 2.26. The van der Waals surface area contributed by atoms with Gasteiger partial charge in [-0.2, -0.15) is 0 Å². The van der Waals surface area contributed by atoms with Crippen LogP contribution in [0.5, 0.6) is 0 Å². The number of hydrogen-bond donors (Lipinski definition) is 3. The number of aromatic nitrogens is 2. The Balaban J connectivity index is 2.74. The van der Waals surface area contributed by atoms with Crippen LogP contribution in [0, 0.1) is 5.41 Å². The highest BCUT2D eigenvalue weighted by molar-refractivity contribution is 5.57. The van der Waals surface area contributed by atoms with Gasteiger partial charge in [-0.25, -0.2) is 9.97 Å². The normalized spacial score (nSPS) is 11.5. The zero-order valence-electron chi connectivity index (χ0n) is 13.9. The first kappa shape index (κ1) is 17.7. The molecule has 0 fully saturated rings. The number of aliphatic hydroxyl groups is 1. The van der Waals surface area contributed by atoms with Crippen LogP contribution in [-0.2, 0) is 6.42 Å². The van der Waals surface area contributed by atoms with E-state index < -0.39 is 0 Å². The standard InChI is InChI=1S/C16H30N4O/c1-5-9-17-14-13(6-2)15(20-12-19-14)18-11-16(3,4)8-7-10-21/h12,21H,5-11H2,1-4H3,(H2,17,18,19,20). The van der Waals surface area contributed by atoms with Crippen LogP contribution in [0.3, 0.4) is 0 Å². The molecule has 0 atom stereocenters. The summed E-state index contributed by atoms with van der Waals surface area (Å²) < 4.78 is 0. The van der Waals surface area contributed by atoms with Gasteiger partial charge in [0.2, 0.25) is 0 Å². The Kier molecular flexibility index (Phi) is 7.43. The average Bonchev–Trinajstić information content (AvgIpc) is 2.48. The molecule has 0 spiro atoms. The van der Waals surface area contributed by atoms with E-state index in [1.54, 1.807) is 6.33 Å². The van der Waals surface area contributed by atoms with E-state index in [0.29, 0.717) is 0 Å². The van der Waals surface area contributed by atoms with Crippen LogP contribution in [0.4, 0.5) is 11.6 Å². The van der Waals surface area contributed by atoms with Crippen LogP contribution in [0.25, 0.3) is 0 Å². The molecule has 1 heterocycles. The van der Waals surface area contributed by atoms with Crippen molar-refractivity contribution in [2.45, 2.75) is 53.4 Å². The van der Waals surface area contributed by atoms with Crippen LogP contribution in [0.15, 0.2) is 6.33 Å². The van der Waals surface area contributed by atoms with Crippen molar-refractivity contribution in [3.05, 3.63) is 11.9 Å². The van der Waals surface area contributed by atoms with E-state index in [4.69, 9.17) is 5.11 Å². The van der Waals surface area contributed by atoms with Crippen molar-refractivity contribution in [2.75, 3.05) is 30.3 Å². The summed E-state index contributed by atoms with van der Waals surface area (Å²) in [6.45, 7) is 10.7. The first-order valence-corrected chi connectivity index (χ1v) is 7.96. The maximum absolute atomic E-state index is 8.97. The molecule has 0 aliphatic rings. The third-order valence-corrected chi connectivity index (χ3v) is 3.59. The maximum Gasteiger partial charge on any atom is 0.134 e. The third-order valence-electron chi connectivity index (χ3n) is 3.59. The fourth-order valence-electron chi connectivity index (χ4n) is 2.26. The minimum Gasteiger partial charge on any atom is -0.396 e. The van der Waals surface area contributed by atoms with Gasteiger partial charge in [0.05, 0.1) is 0 Å². The van der Waals surface area contributed by atoms with Gasteiger partial charge in [0.25, 0.3) is 0 Å². The van der Waals surface area contributed by atoms with Gasteiger partial charge in [-0.3, -0.25) is 0 Å². The summed E-state index contributed by atoms with van der Waals surface area (Å²) in [7, 11) is 0. The van der Waals surface area contributed by atoms with E-state index in [2.05, 4.69) is 48.3 Å². The summed E-state index contributed by atoms with van der Waals surface area (Å²) in [5, 5.41) is 15.8. The molecule has 0 saturated heterocycles. The smallest absolute Gasteiger partial charge is 0.134 e. The molecule has 0 aliphatic carbocycles. The van der Waals surface area contributed by atoms with E-state index in [1.165, 1.54) is 0 Å². The SMILES string of the molecule is CCCNc1ncnc(NCC(C)(C)CCCO)c1CC. The molecule has 0 amide bonds. The van der Waals surface area contributed by atoms with Crippen molar-refractivity contribution in [3.63, 3.8) is 0 Å². The number of hydrogen-bond acceptors (Lipinski definition) is 5. The molecular weight excluding hydrogens is 264 g/mol. The van der Waals surface area contributed by atoms with Crippen LogP contribution >= 0.6 is 0 Å². The van der Waals surface area contributed by atoms with Gasteiger partial charge in [-0.15, -0.1) is 0 Å². The fraction of sp³-hybridized carbons (Fsp3) is 0.750. The highest BCUT2D eigenvalue weighted by Gasteiger charge is 2.18. The lowest BCUT2D eigenvalue weighted by atomic mass is 9.88. The lowest BCUT2D eigenvalue weighted by Gasteiger charge is -2.25. The molecule has 5 heteroatoms. The lowest BCUT2D eigenvalue weighted by Crippen LogP contribution is -2.24. The molecule has 21 heavy (non-hydrogen) atoms. The van der Waals surface area contributed by atoms with Gasteiger partial charge >= 0.3 is 0 Å². The van der Waals surface area contributed by atoms with Crippen molar-refractivity contribution in [1.82, 2.24) is 9.97 Å². The number of nitrogens with zero attached hydrogens (tertiary/aromatic N) is 2. The molecule has 3 N–H and O–H groups in total. The van der Waals surface area contributed by atoms with Crippen LogP contribution in [0.2, 0.25) is 0 Å². The van der Waals surface area contributed by atoms with Crippen molar-refractivity contribution in [2.24, 2.45) is 5.41 Å². The van der Waals surface area contributed by atoms with Gasteiger partial charge in [0.15, 0.2) is 0 Å². The van der Waals surface area contributed by atoms with Crippen molar-refractivity contribution >= 4 is 11.6 Å². The van der Waals surface area contributed by atoms with Gasteiger partial charge in [-0.05, 0) is 31.1 Å². The molecule has 120 valence electrons. The molecule has 0 unspecified atom stereocenters. The van der Waals surface area contributed by atoms with Crippen LogP contribution < -0.4 is 10.6 Å². The molecule has 0 aromatic carbocycles. The second kappa shape index (κ2) is 8.82. The predicted octanol–water partition coefficient (Wildman–Crippen LogP) is 3.07. The largest absolute Gasteiger partial charge is 0.396 e. The van der Waals surface area contributed by atoms with E-state index in [1.807, 2.05) is 0 Å². The molecule has 0 saturated carbocycles. The lowest BCUT2D eigenvalue weighted by molar-refractivity contribution is 0.248. The van der Waals surface area contributed by atoms with E-state index >= 15 is 0 Å². The number of rotatable bonds is 10. The molecule has 1 rings (SSSR count). The average molecular weight is 294 g/mol. The van der Waals surface area contributed by atoms with Gasteiger partial charge in [-0.1, -0.05) is 27.7 Å². The summed E-state index contributed by atoms with van der Waals surface area (Å²) in [4.78, 5) is 8.74. The Morgan fingerprint density at radius 1 is 1.14 bits per heavy atom. The quantitative estimate of drug-likeness (QED) is 0.618. The second-order valence-corrected chi connectivity index (χ2v) is 6.17. The zero-order valence-corrected chi connectivity index (χ0v) is 13.9. The van der Waals surface area contributed by atoms with E-state index in [-0.39, 0.29) is 12.0 Å². The van der Waals surface area contributed by atoms with Crippen molar-refractivity contribution < 1.29 is 5.11 Å².